The van der Waals surface area contributed by atoms with Gasteiger partial charge in [-0.1, -0.05) is 49.4 Å². The summed E-state index contributed by atoms with van der Waals surface area (Å²) in [4.78, 5) is 22.8. The van der Waals surface area contributed by atoms with Gasteiger partial charge in [0.15, 0.2) is 0 Å². The van der Waals surface area contributed by atoms with E-state index in [4.69, 9.17) is 4.74 Å². The van der Waals surface area contributed by atoms with Crippen molar-refractivity contribution in [3.63, 3.8) is 0 Å². The summed E-state index contributed by atoms with van der Waals surface area (Å²) in [7, 11) is 0. The zero-order valence-corrected chi connectivity index (χ0v) is 13.4. The molecule has 0 amide bonds. The molecule has 0 spiro atoms. The van der Waals surface area contributed by atoms with E-state index < -0.39 is 4.75 Å². The number of carbonyl (C=O) groups excluding carboxylic acids is 2. The van der Waals surface area contributed by atoms with E-state index in [9.17, 15) is 9.59 Å². The molecule has 0 saturated carbocycles. The van der Waals surface area contributed by atoms with Gasteiger partial charge in [-0.3, -0.25) is 4.79 Å². The lowest BCUT2D eigenvalue weighted by Crippen LogP contribution is -2.32. The van der Waals surface area contributed by atoms with Crippen LogP contribution >= 0.6 is 11.8 Å². The molecular formula is C17H22O3S. The number of rotatable bonds is 9. The van der Waals surface area contributed by atoms with Crippen molar-refractivity contribution in [2.75, 3.05) is 5.75 Å². The average Bonchev–Trinajstić information content (AvgIpc) is 2.52. The first kappa shape index (κ1) is 17.5. The van der Waals surface area contributed by atoms with Crippen molar-refractivity contribution in [2.24, 2.45) is 0 Å². The molecule has 0 fully saturated rings. The van der Waals surface area contributed by atoms with Crippen molar-refractivity contribution in [1.82, 2.24) is 0 Å². The lowest BCUT2D eigenvalue weighted by Gasteiger charge is -2.23. The van der Waals surface area contributed by atoms with Gasteiger partial charge in [0.05, 0.1) is 0 Å². The number of allylic oxidation sites excluding steroid dienone is 1. The number of hydrogen-bond donors (Lipinski definition) is 0. The highest BCUT2D eigenvalue weighted by Crippen LogP contribution is 2.29. The quantitative estimate of drug-likeness (QED) is 0.301. The lowest BCUT2D eigenvalue weighted by atomic mass is 10.1. The van der Waals surface area contributed by atoms with Gasteiger partial charge in [0.1, 0.15) is 17.6 Å². The maximum atomic E-state index is 12.4. The zero-order valence-electron chi connectivity index (χ0n) is 12.6. The summed E-state index contributed by atoms with van der Waals surface area (Å²) in [5, 5.41) is 0. The summed E-state index contributed by atoms with van der Waals surface area (Å²) in [6.45, 7) is 4.12. The van der Waals surface area contributed by atoms with Crippen LogP contribution in [0.2, 0.25) is 0 Å². The normalized spacial score (nSPS) is 13.8. The van der Waals surface area contributed by atoms with E-state index in [0.717, 1.165) is 18.3 Å². The zero-order chi connectivity index (χ0) is 15.6. The lowest BCUT2D eigenvalue weighted by molar-refractivity contribution is -0.146. The third-order valence-electron chi connectivity index (χ3n) is 2.93. The van der Waals surface area contributed by atoms with E-state index in [-0.39, 0.29) is 12.6 Å². The first-order chi connectivity index (χ1) is 10.1. The van der Waals surface area contributed by atoms with Crippen molar-refractivity contribution < 1.29 is 14.3 Å². The number of esters is 1. The molecule has 0 aliphatic rings. The van der Waals surface area contributed by atoms with Gasteiger partial charge in [-0.15, -0.1) is 11.8 Å². The van der Waals surface area contributed by atoms with E-state index >= 15 is 0 Å². The first-order valence-corrected chi connectivity index (χ1v) is 8.07. The first-order valence-electron chi connectivity index (χ1n) is 7.09. The fraction of sp³-hybridized carbons (Fsp3) is 0.412. The third kappa shape index (κ3) is 6.17. The number of aldehydes is 1. The van der Waals surface area contributed by atoms with Gasteiger partial charge in [0.25, 0.3) is 0 Å². The van der Waals surface area contributed by atoms with Crippen LogP contribution < -0.4 is 0 Å². The van der Waals surface area contributed by atoms with E-state index in [0.29, 0.717) is 12.2 Å². The fourth-order valence-electron chi connectivity index (χ4n) is 1.70. The molecule has 0 radical (unpaired) electrons. The smallest absolute Gasteiger partial charge is 0.326 e. The van der Waals surface area contributed by atoms with Gasteiger partial charge in [-0.25, -0.2) is 0 Å². The van der Waals surface area contributed by atoms with Gasteiger partial charge in [0.2, 0.25) is 0 Å². The molecule has 0 unspecified atom stereocenters. The molecule has 21 heavy (non-hydrogen) atoms. The minimum Gasteiger partial charge on any atom is -0.460 e. The number of carbonyl (C=O) groups is 2. The summed E-state index contributed by atoms with van der Waals surface area (Å²) >= 11 is 1.44. The minimum atomic E-state index is -0.742. The average molecular weight is 306 g/mol. The Morgan fingerprint density at radius 2 is 2.05 bits per heavy atom. The monoisotopic (exact) mass is 306 g/mol. The van der Waals surface area contributed by atoms with Crippen LogP contribution in [0.3, 0.4) is 0 Å². The maximum Gasteiger partial charge on any atom is 0.326 e. The molecule has 0 aromatic heterocycles. The Morgan fingerprint density at radius 1 is 1.33 bits per heavy atom. The Kier molecular flexibility index (Phi) is 7.83. The number of thioether (sulfide) groups is 1. The van der Waals surface area contributed by atoms with E-state index in [1.165, 1.54) is 11.8 Å². The van der Waals surface area contributed by atoms with Gasteiger partial charge < -0.3 is 9.53 Å². The molecule has 3 nitrogen and oxygen atoms in total. The summed E-state index contributed by atoms with van der Waals surface area (Å²) in [5.74, 6) is 0.334. The van der Waals surface area contributed by atoms with Crippen molar-refractivity contribution >= 4 is 24.0 Å². The molecule has 114 valence electrons. The Bertz CT molecular complexity index is 470. The predicted octanol–water partition coefficient (Wildman–Crippen LogP) is 3.78. The molecular weight excluding hydrogens is 284 g/mol. The molecule has 4 heteroatoms. The van der Waals surface area contributed by atoms with Crippen molar-refractivity contribution in [3.05, 3.63) is 48.0 Å². The van der Waals surface area contributed by atoms with Gasteiger partial charge in [-0.2, -0.15) is 0 Å². The minimum absolute atomic E-state index is 0.267. The van der Waals surface area contributed by atoms with Crippen molar-refractivity contribution in [1.29, 1.82) is 0 Å². The standard InChI is InChI=1S/C17H22O3S/c1-3-4-11-17(2,21-13-8-12-18)16(19)20-14-15-9-6-5-7-10-15/h4-7,9-12H,3,8,13-14H2,1-2H3/b11-4+/t17-/m0/s1. The summed E-state index contributed by atoms with van der Waals surface area (Å²) < 4.78 is 4.68. The molecule has 0 aliphatic carbocycles. The molecule has 1 rings (SSSR count). The van der Waals surface area contributed by atoms with Crippen LogP contribution in [0.15, 0.2) is 42.5 Å². The van der Waals surface area contributed by atoms with Crippen molar-refractivity contribution in [2.45, 2.75) is 38.0 Å². The Hall–Kier alpha value is -1.55. The summed E-state index contributed by atoms with van der Waals surface area (Å²) in [6.07, 6.45) is 5.99. The van der Waals surface area contributed by atoms with Gasteiger partial charge in [0, 0.05) is 12.2 Å². The second-order valence-corrected chi connectivity index (χ2v) is 6.33. The SMILES string of the molecule is CC/C=C/[C@](C)(SCCC=O)C(=O)OCc1ccccc1. The van der Waals surface area contributed by atoms with Crippen molar-refractivity contribution in [3.8, 4) is 0 Å². The van der Waals surface area contributed by atoms with Crippen LogP contribution in [-0.4, -0.2) is 22.8 Å². The van der Waals surface area contributed by atoms with Crippen LogP contribution in [0.4, 0.5) is 0 Å². The highest BCUT2D eigenvalue weighted by atomic mass is 32.2. The Labute approximate surface area is 130 Å². The molecule has 1 atom stereocenters. The maximum absolute atomic E-state index is 12.4. The number of hydrogen-bond acceptors (Lipinski definition) is 4. The molecule has 0 N–H and O–H groups in total. The Balaban J connectivity index is 2.65. The molecule has 1 aromatic carbocycles. The number of ether oxygens (including phenoxy) is 1. The van der Waals surface area contributed by atoms with E-state index in [1.54, 1.807) is 0 Å². The second-order valence-electron chi connectivity index (χ2n) is 4.78. The topological polar surface area (TPSA) is 43.4 Å². The van der Waals surface area contributed by atoms with E-state index in [2.05, 4.69) is 0 Å². The molecule has 0 saturated heterocycles. The van der Waals surface area contributed by atoms with Gasteiger partial charge in [-0.05, 0) is 18.9 Å². The van der Waals surface area contributed by atoms with Gasteiger partial charge >= 0.3 is 5.97 Å². The third-order valence-corrected chi connectivity index (χ3v) is 4.27. The molecule has 1 aromatic rings. The fourth-order valence-corrected chi connectivity index (χ4v) is 2.71. The molecule has 0 heterocycles. The second kappa shape index (κ2) is 9.40. The highest BCUT2D eigenvalue weighted by molar-refractivity contribution is 8.01. The van der Waals surface area contributed by atoms with Crippen LogP contribution in [0.5, 0.6) is 0 Å². The summed E-state index contributed by atoms with van der Waals surface area (Å²) in [6, 6.07) is 9.60. The van der Waals surface area contributed by atoms with Crippen LogP contribution in [-0.2, 0) is 20.9 Å². The Morgan fingerprint density at radius 3 is 2.67 bits per heavy atom. The largest absolute Gasteiger partial charge is 0.460 e. The van der Waals surface area contributed by atoms with Crippen LogP contribution in [0, 0.1) is 0 Å². The molecule has 0 bridgehead atoms. The highest BCUT2D eigenvalue weighted by Gasteiger charge is 2.32. The predicted molar refractivity (Wildman–Crippen MR) is 87.2 cm³/mol. The molecule has 0 aliphatic heterocycles. The summed E-state index contributed by atoms with van der Waals surface area (Å²) in [5.41, 5.74) is 0.963. The van der Waals surface area contributed by atoms with Crippen LogP contribution in [0.1, 0.15) is 32.3 Å². The van der Waals surface area contributed by atoms with Crippen LogP contribution in [0.25, 0.3) is 0 Å². The van der Waals surface area contributed by atoms with E-state index in [1.807, 2.05) is 56.3 Å². The number of benzene rings is 1.